The van der Waals surface area contributed by atoms with Crippen molar-refractivity contribution in [2.45, 2.75) is 30.0 Å². The van der Waals surface area contributed by atoms with Gasteiger partial charge in [-0.1, -0.05) is 0 Å². The zero-order chi connectivity index (χ0) is 17.2. The summed E-state index contributed by atoms with van der Waals surface area (Å²) in [5, 5.41) is 9.28. The average Bonchev–Trinajstić information content (AvgIpc) is 2.53. The summed E-state index contributed by atoms with van der Waals surface area (Å²) in [7, 11) is -1.13. The van der Waals surface area contributed by atoms with Crippen LogP contribution in [0.3, 0.4) is 0 Å². The Morgan fingerprint density at radius 1 is 1.26 bits per heavy atom. The molecule has 128 valence electrons. The van der Waals surface area contributed by atoms with E-state index < -0.39 is 29.0 Å². The molecule has 0 radical (unpaired) electrons. The summed E-state index contributed by atoms with van der Waals surface area (Å²) in [5.74, 6) is -1.14. The lowest BCUT2D eigenvalue weighted by Crippen LogP contribution is -2.45. The predicted octanol–water partition coefficient (Wildman–Crippen LogP) is 2.20. The first-order valence-corrected chi connectivity index (χ1v) is 8.73. The van der Waals surface area contributed by atoms with Crippen molar-refractivity contribution in [3.05, 3.63) is 29.8 Å². The number of amides is 1. The summed E-state index contributed by atoms with van der Waals surface area (Å²) in [5.41, 5.74) is 0.411. The van der Waals surface area contributed by atoms with E-state index in [9.17, 15) is 27.3 Å². The average molecular weight is 349 g/mol. The quantitative estimate of drug-likeness (QED) is 0.910. The van der Waals surface area contributed by atoms with Crippen LogP contribution in [-0.2, 0) is 10.8 Å². The molecule has 23 heavy (non-hydrogen) atoms. The molecule has 0 spiro atoms. The van der Waals surface area contributed by atoms with Gasteiger partial charge in [-0.3, -0.25) is 9.00 Å². The van der Waals surface area contributed by atoms with Gasteiger partial charge in [-0.25, -0.2) is 0 Å². The number of nitrogens with zero attached hydrogens (tertiary/aromatic N) is 1. The molecule has 1 aliphatic heterocycles. The highest BCUT2D eigenvalue weighted by Crippen LogP contribution is 2.31. The molecule has 1 fully saturated rings. The third-order valence-electron chi connectivity index (χ3n) is 4.04. The van der Waals surface area contributed by atoms with Crippen LogP contribution in [0.4, 0.5) is 13.2 Å². The minimum Gasteiger partial charge on any atom is -0.383 e. The Morgan fingerprint density at radius 2 is 1.78 bits per heavy atom. The molecule has 1 saturated heterocycles. The van der Waals surface area contributed by atoms with Crippen molar-refractivity contribution in [1.82, 2.24) is 4.90 Å². The summed E-state index contributed by atoms with van der Waals surface area (Å²) in [4.78, 5) is 14.4. The Morgan fingerprint density at radius 3 is 2.22 bits per heavy atom. The maximum atomic E-state index is 12.5. The largest absolute Gasteiger partial charge is 0.414 e. The van der Waals surface area contributed by atoms with Gasteiger partial charge in [-0.05, 0) is 43.0 Å². The summed E-state index contributed by atoms with van der Waals surface area (Å²) in [6, 6.07) is 6.33. The predicted molar refractivity (Wildman–Crippen MR) is 79.5 cm³/mol. The van der Waals surface area contributed by atoms with Crippen molar-refractivity contribution < 1.29 is 27.3 Å². The van der Waals surface area contributed by atoms with Gasteiger partial charge in [0.2, 0.25) is 0 Å². The third kappa shape index (κ3) is 4.32. The first kappa shape index (κ1) is 17.9. The van der Waals surface area contributed by atoms with Crippen molar-refractivity contribution in [2.24, 2.45) is 5.92 Å². The van der Waals surface area contributed by atoms with E-state index in [4.69, 9.17) is 0 Å². The molecule has 0 saturated carbocycles. The van der Waals surface area contributed by atoms with Gasteiger partial charge < -0.3 is 10.0 Å². The number of alkyl halides is 3. The van der Waals surface area contributed by atoms with E-state index in [0.717, 1.165) is 0 Å². The number of aliphatic hydroxyl groups excluding tert-OH is 1. The summed E-state index contributed by atoms with van der Waals surface area (Å²) in [6.07, 6.45) is -5.19. The summed E-state index contributed by atoms with van der Waals surface area (Å²) < 4.78 is 48.8. The molecular formula is C15H18F3NO3S. The van der Waals surface area contributed by atoms with Crippen LogP contribution < -0.4 is 0 Å². The van der Waals surface area contributed by atoms with Crippen LogP contribution in [0.1, 0.15) is 23.2 Å². The van der Waals surface area contributed by atoms with Crippen molar-refractivity contribution in [2.75, 3.05) is 19.3 Å². The highest BCUT2D eigenvalue weighted by molar-refractivity contribution is 7.84. The Balaban J connectivity index is 1.97. The maximum absolute atomic E-state index is 12.5. The Hall–Kier alpha value is -1.41. The minimum atomic E-state index is -4.62. The van der Waals surface area contributed by atoms with Crippen LogP contribution in [-0.4, -0.2) is 51.7 Å². The van der Waals surface area contributed by atoms with Crippen LogP contribution in [0, 0.1) is 5.92 Å². The first-order chi connectivity index (χ1) is 10.7. The van der Waals surface area contributed by atoms with Gasteiger partial charge in [0, 0.05) is 40.6 Å². The lowest BCUT2D eigenvalue weighted by molar-refractivity contribution is -0.222. The van der Waals surface area contributed by atoms with Crippen LogP contribution in [0.15, 0.2) is 29.2 Å². The van der Waals surface area contributed by atoms with Crippen molar-refractivity contribution in [3.8, 4) is 0 Å². The van der Waals surface area contributed by atoms with Crippen molar-refractivity contribution in [3.63, 3.8) is 0 Å². The molecule has 1 aromatic rings. The number of likely N-dealkylation sites (tertiary alicyclic amines) is 1. The SMILES string of the molecule is CS(=O)c1ccc(C(=O)N2CCC(C(O)C(F)(F)F)CC2)cc1. The number of rotatable bonds is 3. The van der Waals surface area contributed by atoms with E-state index in [1.165, 1.54) is 11.2 Å². The van der Waals surface area contributed by atoms with E-state index in [0.29, 0.717) is 10.5 Å². The maximum Gasteiger partial charge on any atom is 0.414 e. The normalized spacial score (nSPS) is 19.4. The molecule has 1 N–H and O–H groups in total. The van der Waals surface area contributed by atoms with Gasteiger partial charge >= 0.3 is 6.18 Å². The molecule has 0 aromatic heterocycles. The van der Waals surface area contributed by atoms with Crippen LogP contribution >= 0.6 is 0 Å². The molecule has 1 aromatic carbocycles. The fourth-order valence-corrected chi connectivity index (χ4v) is 3.18. The van der Waals surface area contributed by atoms with Gasteiger partial charge in [-0.15, -0.1) is 0 Å². The van der Waals surface area contributed by atoms with Gasteiger partial charge in [0.1, 0.15) is 0 Å². The lowest BCUT2D eigenvalue weighted by atomic mass is 9.90. The number of aliphatic hydroxyl groups is 1. The first-order valence-electron chi connectivity index (χ1n) is 7.17. The molecular weight excluding hydrogens is 331 g/mol. The van der Waals surface area contributed by atoms with E-state index in [-0.39, 0.29) is 31.8 Å². The zero-order valence-corrected chi connectivity index (χ0v) is 13.4. The monoisotopic (exact) mass is 349 g/mol. The standard InChI is InChI=1S/C15H18F3NO3S/c1-23(22)12-4-2-11(3-5-12)14(21)19-8-6-10(7-9-19)13(20)15(16,17)18/h2-5,10,13,20H,6-9H2,1H3. The second kappa shape index (κ2) is 7.00. The van der Waals surface area contributed by atoms with Gasteiger partial charge in [0.25, 0.3) is 5.91 Å². The number of piperidine rings is 1. The third-order valence-corrected chi connectivity index (χ3v) is 4.98. The van der Waals surface area contributed by atoms with E-state index in [2.05, 4.69) is 0 Å². The van der Waals surface area contributed by atoms with E-state index in [1.807, 2.05) is 0 Å². The second-order valence-corrected chi connectivity index (χ2v) is 6.97. The topological polar surface area (TPSA) is 57.6 Å². The van der Waals surface area contributed by atoms with E-state index in [1.54, 1.807) is 24.3 Å². The van der Waals surface area contributed by atoms with E-state index >= 15 is 0 Å². The number of benzene rings is 1. The molecule has 8 heteroatoms. The Bertz CT molecular complexity index is 581. The van der Waals surface area contributed by atoms with Crippen molar-refractivity contribution in [1.29, 1.82) is 0 Å². The molecule has 4 nitrogen and oxygen atoms in total. The molecule has 0 aliphatic carbocycles. The van der Waals surface area contributed by atoms with Crippen LogP contribution in [0.25, 0.3) is 0 Å². The fourth-order valence-electron chi connectivity index (χ4n) is 2.66. The minimum absolute atomic E-state index is 0.115. The zero-order valence-electron chi connectivity index (χ0n) is 12.5. The number of halogens is 3. The van der Waals surface area contributed by atoms with Crippen LogP contribution in [0.5, 0.6) is 0 Å². The molecule has 1 heterocycles. The summed E-state index contributed by atoms with van der Waals surface area (Å²) >= 11 is 0. The highest BCUT2D eigenvalue weighted by Gasteiger charge is 2.44. The van der Waals surface area contributed by atoms with Gasteiger partial charge in [0.05, 0.1) is 0 Å². The Kier molecular flexibility index (Phi) is 5.46. The second-order valence-electron chi connectivity index (χ2n) is 5.59. The molecule has 1 aliphatic rings. The smallest absolute Gasteiger partial charge is 0.383 e. The highest BCUT2D eigenvalue weighted by atomic mass is 32.2. The molecule has 2 atom stereocenters. The molecule has 1 amide bonds. The molecule has 2 unspecified atom stereocenters. The van der Waals surface area contributed by atoms with Gasteiger partial charge in [0.15, 0.2) is 6.10 Å². The summed E-state index contributed by atoms with van der Waals surface area (Å²) in [6.45, 7) is 0.357. The number of hydrogen-bond acceptors (Lipinski definition) is 3. The fraction of sp³-hybridized carbons (Fsp3) is 0.533. The van der Waals surface area contributed by atoms with Crippen molar-refractivity contribution >= 4 is 16.7 Å². The molecule has 2 rings (SSSR count). The molecule has 0 bridgehead atoms. The lowest BCUT2D eigenvalue weighted by Gasteiger charge is -2.34. The number of carbonyl (C=O) groups is 1. The number of carbonyl (C=O) groups excluding carboxylic acids is 1. The van der Waals surface area contributed by atoms with Crippen LogP contribution in [0.2, 0.25) is 0 Å². The number of hydrogen-bond donors (Lipinski definition) is 1. The van der Waals surface area contributed by atoms with Gasteiger partial charge in [-0.2, -0.15) is 13.2 Å². The Labute approximate surface area is 134 Å².